The van der Waals surface area contributed by atoms with Crippen LogP contribution in [0.4, 0.5) is 15.8 Å². The number of nitrogens with two attached hydrogens (primary N) is 1. The molecule has 0 radical (unpaired) electrons. The lowest BCUT2D eigenvalue weighted by atomic mass is 10.2. The smallest absolute Gasteiger partial charge is 0.255 e. The maximum atomic E-state index is 13.3. The summed E-state index contributed by atoms with van der Waals surface area (Å²) in [4.78, 5) is 12.0. The third-order valence-electron chi connectivity index (χ3n) is 2.44. The average molecular weight is 344 g/mol. The Hall–Kier alpha value is -1.59. The second-order valence-corrected chi connectivity index (χ2v) is 5.11. The molecule has 98 valence electrons. The van der Waals surface area contributed by atoms with Crippen LogP contribution in [0.15, 0.2) is 40.9 Å². The van der Waals surface area contributed by atoms with Gasteiger partial charge < -0.3 is 11.1 Å². The molecule has 0 bridgehead atoms. The van der Waals surface area contributed by atoms with E-state index in [1.54, 1.807) is 18.2 Å². The molecule has 19 heavy (non-hydrogen) atoms. The van der Waals surface area contributed by atoms with E-state index in [1.165, 1.54) is 12.1 Å². The molecule has 0 atom stereocenters. The average Bonchev–Trinajstić information content (AvgIpc) is 2.37. The third kappa shape index (κ3) is 3.24. The fraction of sp³-hybridized carbons (Fsp3) is 0. The van der Waals surface area contributed by atoms with Crippen molar-refractivity contribution < 1.29 is 9.18 Å². The van der Waals surface area contributed by atoms with Crippen LogP contribution in [0.25, 0.3) is 0 Å². The van der Waals surface area contributed by atoms with Crippen LogP contribution in [0.2, 0.25) is 5.02 Å². The molecule has 0 aliphatic rings. The van der Waals surface area contributed by atoms with Gasteiger partial charge in [-0.3, -0.25) is 4.79 Å². The van der Waals surface area contributed by atoms with Crippen molar-refractivity contribution in [3.8, 4) is 0 Å². The summed E-state index contributed by atoms with van der Waals surface area (Å²) >= 11 is 9.13. The molecule has 0 aliphatic heterocycles. The lowest BCUT2D eigenvalue weighted by Crippen LogP contribution is -2.12. The molecule has 3 N–H and O–H groups in total. The number of halogens is 3. The van der Waals surface area contributed by atoms with Crippen LogP contribution >= 0.6 is 27.5 Å². The van der Waals surface area contributed by atoms with Gasteiger partial charge in [-0.2, -0.15) is 0 Å². The van der Waals surface area contributed by atoms with Gasteiger partial charge in [0.2, 0.25) is 0 Å². The van der Waals surface area contributed by atoms with Gasteiger partial charge in [-0.15, -0.1) is 0 Å². The first-order chi connectivity index (χ1) is 8.97. The number of amides is 1. The first kappa shape index (κ1) is 13.8. The lowest BCUT2D eigenvalue weighted by molar-refractivity contribution is 0.102. The van der Waals surface area contributed by atoms with E-state index in [-0.39, 0.29) is 11.3 Å². The number of nitrogens with one attached hydrogen (secondary N) is 1. The quantitative estimate of drug-likeness (QED) is 0.807. The van der Waals surface area contributed by atoms with Crippen molar-refractivity contribution in [3.05, 3.63) is 57.3 Å². The molecule has 2 rings (SSSR count). The zero-order valence-corrected chi connectivity index (χ0v) is 11.9. The largest absolute Gasteiger partial charge is 0.396 e. The summed E-state index contributed by atoms with van der Waals surface area (Å²) in [6.07, 6.45) is 0. The van der Waals surface area contributed by atoms with Gasteiger partial charge in [-0.25, -0.2) is 4.39 Å². The Labute approximate surface area is 122 Å². The third-order valence-corrected chi connectivity index (χ3v) is 3.37. The Balaban J connectivity index is 2.25. The number of carbonyl (C=O) groups is 1. The minimum Gasteiger partial charge on any atom is -0.396 e. The number of carbonyl (C=O) groups excluding carboxylic acids is 1. The second-order valence-electron chi connectivity index (χ2n) is 3.81. The highest BCUT2D eigenvalue weighted by atomic mass is 79.9. The van der Waals surface area contributed by atoms with Gasteiger partial charge in [-0.1, -0.05) is 11.6 Å². The Bertz CT molecular complexity index is 649. The SMILES string of the molecule is Nc1ccc(C(=O)Nc2cc(Cl)ccc2Br)cc1F. The van der Waals surface area contributed by atoms with Crippen molar-refractivity contribution in [1.82, 2.24) is 0 Å². The van der Waals surface area contributed by atoms with Crippen molar-refractivity contribution in [1.29, 1.82) is 0 Å². The van der Waals surface area contributed by atoms with E-state index in [4.69, 9.17) is 17.3 Å². The summed E-state index contributed by atoms with van der Waals surface area (Å²) in [6, 6.07) is 8.87. The summed E-state index contributed by atoms with van der Waals surface area (Å²) in [5.41, 5.74) is 6.04. The first-order valence-electron chi connectivity index (χ1n) is 5.29. The van der Waals surface area contributed by atoms with Crippen molar-refractivity contribution >= 4 is 44.8 Å². The highest BCUT2D eigenvalue weighted by Crippen LogP contribution is 2.26. The van der Waals surface area contributed by atoms with Gasteiger partial charge in [0.05, 0.1) is 11.4 Å². The molecule has 2 aromatic rings. The minimum absolute atomic E-state index is 0.000450. The van der Waals surface area contributed by atoms with Gasteiger partial charge in [0.15, 0.2) is 0 Å². The molecule has 0 unspecified atom stereocenters. The van der Waals surface area contributed by atoms with E-state index in [0.29, 0.717) is 15.2 Å². The van der Waals surface area contributed by atoms with Gasteiger partial charge in [0.1, 0.15) is 5.82 Å². The summed E-state index contributed by atoms with van der Waals surface area (Å²) in [5.74, 6) is -1.07. The number of nitrogen functional groups attached to an aromatic ring is 1. The fourth-order valence-corrected chi connectivity index (χ4v) is 1.97. The summed E-state index contributed by atoms with van der Waals surface area (Å²) < 4.78 is 14.0. The molecule has 0 spiro atoms. The molecule has 6 heteroatoms. The molecular formula is C13H9BrClFN2O. The second kappa shape index (κ2) is 5.59. The molecule has 1 amide bonds. The van der Waals surface area contributed by atoms with Crippen LogP contribution in [0.3, 0.4) is 0 Å². The van der Waals surface area contributed by atoms with Gasteiger partial charge in [0, 0.05) is 15.1 Å². The molecule has 0 fully saturated rings. The topological polar surface area (TPSA) is 55.1 Å². The zero-order valence-electron chi connectivity index (χ0n) is 9.58. The van der Waals surface area contributed by atoms with Crippen LogP contribution in [-0.4, -0.2) is 5.91 Å². The fourth-order valence-electron chi connectivity index (χ4n) is 1.46. The predicted octanol–water partition coefficient (Wildman–Crippen LogP) is 4.08. The number of benzene rings is 2. The molecule has 0 saturated carbocycles. The maximum absolute atomic E-state index is 13.3. The Morgan fingerprint density at radius 1 is 1.26 bits per heavy atom. The van der Waals surface area contributed by atoms with Crippen LogP contribution in [-0.2, 0) is 0 Å². The first-order valence-corrected chi connectivity index (χ1v) is 6.46. The van der Waals surface area contributed by atoms with Crippen molar-refractivity contribution in [2.24, 2.45) is 0 Å². The Kier molecular flexibility index (Phi) is 4.07. The lowest BCUT2D eigenvalue weighted by Gasteiger charge is -2.08. The van der Waals surface area contributed by atoms with Crippen molar-refractivity contribution in [2.45, 2.75) is 0 Å². The van der Waals surface area contributed by atoms with E-state index in [1.807, 2.05) is 0 Å². The zero-order chi connectivity index (χ0) is 14.0. The van der Waals surface area contributed by atoms with E-state index in [2.05, 4.69) is 21.2 Å². The highest BCUT2D eigenvalue weighted by Gasteiger charge is 2.10. The molecule has 0 saturated heterocycles. The van der Waals surface area contributed by atoms with E-state index in [0.717, 1.165) is 6.07 Å². The number of hydrogen-bond donors (Lipinski definition) is 2. The number of anilines is 2. The number of rotatable bonds is 2. The van der Waals surface area contributed by atoms with Crippen LogP contribution in [0, 0.1) is 5.82 Å². The van der Waals surface area contributed by atoms with Crippen molar-refractivity contribution in [3.63, 3.8) is 0 Å². The molecule has 0 heterocycles. The monoisotopic (exact) mass is 342 g/mol. The van der Waals surface area contributed by atoms with Gasteiger partial charge >= 0.3 is 0 Å². The van der Waals surface area contributed by atoms with Crippen LogP contribution < -0.4 is 11.1 Å². The predicted molar refractivity (Wildman–Crippen MR) is 77.9 cm³/mol. The van der Waals surface area contributed by atoms with E-state index < -0.39 is 11.7 Å². The molecule has 3 nitrogen and oxygen atoms in total. The highest BCUT2D eigenvalue weighted by molar-refractivity contribution is 9.10. The Morgan fingerprint density at radius 2 is 2.00 bits per heavy atom. The molecule has 2 aromatic carbocycles. The van der Waals surface area contributed by atoms with E-state index in [9.17, 15) is 9.18 Å². The van der Waals surface area contributed by atoms with Crippen molar-refractivity contribution in [2.75, 3.05) is 11.1 Å². The summed E-state index contributed by atoms with van der Waals surface area (Å²) in [6.45, 7) is 0. The van der Waals surface area contributed by atoms with Gasteiger partial charge in [0.25, 0.3) is 5.91 Å². The summed E-state index contributed by atoms with van der Waals surface area (Å²) in [5, 5.41) is 3.12. The Morgan fingerprint density at radius 3 is 2.68 bits per heavy atom. The minimum atomic E-state index is -0.627. The van der Waals surface area contributed by atoms with E-state index >= 15 is 0 Å². The van der Waals surface area contributed by atoms with Crippen LogP contribution in [0.1, 0.15) is 10.4 Å². The maximum Gasteiger partial charge on any atom is 0.255 e. The molecule has 0 aliphatic carbocycles. The number of hydrogen-bond acceptors (Lipinski definition) is 2. The molecule has 0 aromatic heterocycles. The van der Waals surface area contributed by atoms with Gasteiger partial charge in [-0.05, 0) is 52.3 Å². The summed E-state index contributed by atoms with van der Waals surface area (Å²) in [7, 11) is 0. The standard InChI is InChI=1S/C13H9BrClFN2O/c14-9-3-2-8(15)6-12(9)18-13(19)7-1-4-11(17)10(16)5-7/h1-6H,17H2,(H,18,19). The normalized spacial score (nSPS) is 10.3. The van der Waals surface area contributed by atoms with Crippen LogP contribution in [0.5, 0.6) is 0 Å². The molecular weight excluding hydrogens is 335 g/mol.